The lowest BCUT2D eigenvalue weighted by atomic mass is 9.72. The van der Waals surface area contributed by atoms with Crippen LogP contribution in [0, 0.1) is 0 Å². The van der Waals surface area contributed by atoms with Gasteiger partial charge in [0.05, 0.1) is 39.6 Å². The molecule has 0 aliphatic heterocycles. The fraction of sp³-hybridized carbons (Fsp3) is 0.204. The quantitative estimate of drug-likeness (QED) is 0.0307. The topological polar surface area (TPSA) is 645 Å². The molecule has 0 radical (unpaired) electrons. The number of hydrogen-bond donors (Lipinski definition) is 25. The molecule has 0 bridgehead atoms. The van der Waals surface area contributed by atoms with Crippen LogP contribution in [-0.4, -0.2) is 243 Å². The Labute approximate surface area is 865 Å². The third kappa shape index (κ3) is 66.6. The highest BCUT2D eigenvalue weighted by molar-refractivity contribution is 6.10. The van der Waals surface area contributed by atoms with Crippen molar-refractivity contribution in [3.05, 3.63) is 502 Å². The summed E-state index contributed by atoms with van der Waals surface area (Å²) in [4.78, 5) is 80.8. The molecule has 2 aliphatic rings. The number of rotatable bonds is 12. The van der Waals surface area contributed by atoms with Gasteiger partial charge in [-0.1, -0.05) is 430 Å². The van der Waals surface area contributed by atoms with E-state index in [4.69, 9.17) is 130 Å². The number of benzene rings is 14. The van der Waals surface area contributed by atoms with Crippen LogP contribution in [0.3, 0.4) is 0 Å². The summed E-state index contributed by atoms with van der Waals surface area (Å²) in [5.74, 6) is -1.46. The minimum Gasteiger partial charge on any atom is -0.478 e. The van der Waals surface area contributed by atoms with Crippen LogP contribution in [0.4, 0.5) is 0 Å². The lowest BCUT2D eigenvalue weighted by molar-refractivity contribution is -0.215. The van der Waals surface area contributed by atoms with Gasteiger partial charge in [-0.25, -0.2) is 29.1 Å². The van der Waals surface area contributed by atoms with Crippen LogP contribution in [0.25, 0.3) is 0 Å². The van der Waals surface area contributed by atoms with Crippen LogP contribution in [0.1, 0.15) is 172 Å². The average Bonchev–Trinajstić information content (AvgIpc) is 1.53. The first-order chi connectivity index (χ1) is 72.1. The van der Waals surface area contributed by atoms with Gasteiger partial charge in [0.25, 0.3) is 0 Å². The van der Waals surface area contributed by atoms with Crippen molar-refractivity contribution in [2.45, 2.75) is 77.0 Å². The van der Waals surface area contributed by atoms with Gasteiger partial charge in [0.15, 0.2) is 23.1 Å². The van der Waals surface area contributed by atoms with E-state index in [1.165, 1.54) is 52.4 Å². The lowest BCUT2D eigenvalue weighted by Crippen LogP contribution is -2.26. The molecule has 0 atom stereocenters. The van der Waals surface area contributed by atoms with Crippen LogP contribution in [0.5, 0.6) is 0 Å². The average molecular weight is 2070 g/mol. The van der Waals surface area contributed by atoms with E-state index in [0.717, 1.165) is 101 Å². The number of ketones is 4. The summed E-state index contributed by atoms with van der Waals surface area (Å²) in [5, 5.41) is 166. The number of hydrogen-bond acceptors (Lipinski definition) is 33. The van der Waals surface area contributed by atoms with E-state index in [1.54, 1.807) is 82.9 Å². The minimum absolute atomic E-state index is 0.0752. The normalized spacial score (nSPS) is 9.95. The smallest absolute Gasteiger partial charge is 0.335 e. The number of aromatic carboxylic acids is 2. The first-order valence-electron chi connectivity index (χ1n) is 43.6. The number of aliphatic hydroxyl groups excluding tert-OH is 7. The first-order valence-corrected chi connectivity index (χ1v) is 43.6. The molecular weight excluding hydrogens is 1920 g/mol. The molecule has 0 unspecified atom stereocenters. The SMILES string of the molecule is CC.CC1(C)CC2(CC(C)(C)c3ccccc32)c2ccccc21.CO.CO.CO.CO.CO.CO.CO.COO.COO.COO.COO.O=C(O)c1ccccc1.O=C(O)c1ccccc1.O=C(c1ccccc1)c1ccccc1.O=C(c1ccccc1)c1ccccc1.O=C(c1ccccc1)c1ccccc1.O=C(c1ccccc1)c1ccccc1.OO.OO.OO.OO.OO.OO.c1ccc(Cc2ccccc2)cc1. The summed E-state index contributed by atoms with van der Waals surface area (Å²) in [6.45, 7) is 13.6. The van der Waals surface area contributed by atoms with Gasteiger partial charge in [0.1, 0.15) is 0 Å². The molecule has 0 saturated carbocycles. The lowest BCUT2D eigenvalue weighted by Gasteiger charge is -2.30. The monoisotopic (exact) mass is 2070 g/mol. The van der Waals surface area contributed by atoms with Gasteiger partial charge in [-0.3, -0.25) is 103 Å². The Kier molecular flexibility index (Phi) is 114. The summed E-state index contributed by atoms with van der Waals surface area (Å²) >= 11 is 0. The molecule has 2 aliphatic carbocycles. The Hall–Kier alpha value is -14.4. The maximum absolute atomic E-state index is 11.8. The molecule has 0 fully saturated rings. The van der Waals surface area contributed by atoms with E-state index in [1.807, 2.05) is 257 Å². The predicted molar refractivity (Wildman–Crippen MR) is 575 cm³/mol. The van der Waals surface area contributed by atoms with E-state index in [0.29, 0.717) is 11.1 Å². The zero-order valence-electron chi connectivity index (χ0n) is 86.1. The molecular formula is C113H150O35. The Bertz CT molecular complexity index is 4550. The van der Waals surface area contributed by atoms with Gasteiger partial charge in [-0.2, -0.15) is 0 Å². The van der Waals surface area contributed by atoms with Crippen molar-refractivity contribution in [1.29, 1.82) is 0 Å². The third-order valence-corrected chi connectivity index (χ3v) is 18.3. The molecule has 812 valence electrons. The molecule has 14 aromatic rings. The van der Waals surface area contributed by atoms with Crippen molar-refractivity contribution in [1.82, 2.24) is 0 Å². The van der Waals surface area contributed by atoms with E-state index in [2.05, 4.69) is 156 Å². The van der Waals surface area contributed by atoms with Crippen molar-refractivity contribution in [2.75, 3.05) is 78.2 Å². The standard InChI is InChI=1S/C21H24.4C13H10O.C13H12.2C7H6O2.C2H6.4CH4O2.7CH4O.6H2O2/c1-19(2)13-21(17-11-7-5-9-15(17)19)14-20(3,4)16-10-6-8-12-18(16)21;4*14-13(11-7-3-1-4-8-11)12-9-5-2-6-10-12;1-3-7-12(8-4-1)11-13-9-5-2-6-10-13;2*8-7(9)6-4-2-1-3-5-6;1-2;4*1-3-2;13*1-2/h5-12H,13-14H2,1-4H3;4*1-10H;1-10H,11H2;2*1-5H,(H,8,9);1-2H3;4*2H,1H3;7*2H,1H3;6*1-2H. The largest absolute Gasteiger partial charge is 0.478 e. The van der Waals surface area contributed by atoms with Gasteiger partial charge in [0, 0.05) is 99.7 Å². The number of carbonyl (C=O) groups is 6. The maximum atomic E-state index is 11.8. The molecule has 35 heteroatoms. The summed E-state index contributed by atoms with van der Waals surface area (Å²) in [5.41, 5.74) is 16.3. The fourth-order valence-electron chi connectivity index (χ4n) is 13.2. The maximum Gasteiger partial charge on any atom is 0.335 e. The van der Waals surface area contributed by atoms with Crippen LogP contribution >= 0.6 is 0 Å². The van der Waals surface area contributed by atoms with Gasteiger partial charge < -0.3 is 46.0 Å². The van der Waals surface area contributed by atoms with Gasteiger partial charge in [0.2, 0.25) is 0 Å². The molecule has 0 aromatic heterocycles. The second kappa shape index (κ2) is 110. The third-order valence-electron chi connectivity index (χ3n) is 18.3. The number of carboxylic acid groups (broad SMARTS) is 2. The zero-order valence-corrected chi connectivity index (χ0v) is 86.1. The van der Waals surface area contributed by atoms with Crippen LogP contribution < -0.4 is 0 Å². The Morgan fingerprint density at radius 2 is 0.311 bits per heavy atom. The van der Waals surface area contributed by atoms with Gasteiger partial charge >= 0.3 is 11.9 Å². The van der Waals surface area contributed by atoms with Gasteiger partial charge in [-0.15, -0.1) is 0 Å². The van der Waals surface area contributed by atoms with Gasteiger partial charge in [-0.05, 0) is 87.7 Å². The summed E-state index contributed by atoms with van der Waals surface area (Å²) in [6.07, 6.45) is 3.50. The van der Waals surface area contributed by atoms with Crippen LogP contribution in [-0.2, 0) is 42.2 Å². The summed E-state index contributed by atoms with van der Waals surface area (Å²) in [7, 11) is 11.7. The van der Waals surface area contributed by atoms with E-state index in [9.17, 15) is 28.8 Å². The fourth-order valence-corrected chi connectivity index (χ4v) is 13.2. The molecule has 16 rings (SSSR count). The number of fused-ring (bicyclic) bond motifs is 4. The highest BCUT2D eigenvalue weighted by Crippen LogP contribution is 2.62. The molecule has 148 heavy (non-hydrogen) atoms. The molecule has 0 amide bonds. The second-order valence-corrected chi connectivity index (χ2v) is 27.8. The van der Waals surface area contributed by atoms with E-state index >= 15 is 0 Å². The Morgan fingerprint density at radius 3 is 0.432 bits per heavy atom. The van der Waals surface area contributed by atoms with Crippen molar-refractivity contribution in [3.63, 3.8) is 0 Å². The second-order valence-electron chi connectivity index (χ2n) is 27.8. The first kappa shape index (κ1) is 154. The highest BCUT2D eigenvalue weighted by atomic mass is 17.1. The number of carbonyl (C=O) groups excluding carboxylic acids is 4. The van der Waals surface area contributed by atoms with Crippen LogP contribution in [0.2, 0.25) is 0 Å². The molecule has 1 spiro atoms. The van der Waals surface area contributed by atoms with Crippen molar-refractivity contribution in [2.24, 2.45) is 0 Å². The van der Waals surface area contributed by atoms with Crippen molar-refractivity contribution >= 4 is 35.1 Å². The number of carboxylic acids is 2. The number of aliphatic hydroxyl groups is 7. The molecule has 0 saturated heterocycles. The van der Waals surface area contributed by atoms with Crippen molar-refractivity contribution < 1.29 is 178 Å². The van der Waals surface area contributed by atoms with Crippen LogP contribution in [0.15, 0.2) is 413 Å². The molecule has 0 heterocycles. The van der Waals surface area contributed by atoms with E-state index < -0.39 is 11.9 Å². The van der Waals surface area contributed by atoms with E-state index in [-0.39, 0.29) is 39.4 Å². The summed E-state index contributed by atoms with van der Waals surface area (Å²) < 4.78 is 0. The molecule has 25 N–H and O–H groups in total. The Balaban J connectivity index is -0.000000176. The highest BCUT2D eigenvalue weighted by Gasteiger charge is 2.55. The minimum atomic E-state index is -0.879. The Morgan fingerprint density at radius 1 is 0.203 bits per heavy atom. The summed E-state index contributed by atoms with van der Waals surface area (Å²) in [6, 6.07) is 130. The predicted octanol–water partition coefficient (Wildman–Crippen LogP) is 21.9. The zero-order chi connectivity index (χ0) is 115. The molecule has 14 aromatic carbocycles. The van der Waals surface area contributed by atoms with Crippen molar-refractivity contribution in [3.8, 4) is 0 Å². The molecule has 35 nitrogen and oxygen atoms in total.